The van der Waals surface area contributed by atoms with Crippen molar-refractivity contribution in [2.24, 2.45) is 11.3 Å². The number of imide groups is 1. The first-order valence-corrected chi connectivity index (χ1v) is 6.77. The van der Waals surface area contributed by atoms with Crippen LogP contribution in [0.2, 0.25) is 0 Å². The van der Waals surface area contributed by atoms with Crippen molar-refractivity contribution in [2.45, 2.75) is 25.7 Å². The van der Waals surface area contributed by atoms with Crippen molar-refractivity contribution in [1.29, 1.82) is 0 Å². The largest absolute Gasteiger partial charge is 0.333 e. The lowest BCUT2D eigenvalue weighted by Crippen LogP contribution is -2.53. The van der Waals surface area contributed by atoms with Crippen molar-refractivity contribution in [2.75, 3.05) is 0 Å². The van der Waals surface area contributed by atoms with Crippen molar-refractivity contribution in [3.05, 3.63) is 35.4 Å². The number of carbonyl (C=O) groups excluding carboxylic acids is 3. The van der Waals surface area contributed by atoms with Crippen LogP contribution in [-0.4, -0.2) is 22.8 Å². The molecule has 5 nitrogen and oxygen atoms in total. The van der Waals surface area contributed by atoms with Crippen molar-refractivity contribution in [3.8, 4) is 0 Å². The first kappa shape index (κ1) is 11.6. The highest BCUT2D eigenvalue weighted by molar-refractivity contribution is 6.20. The Kier molecular flexibility index (Phi) is 2.14. The van der Waals surface area contributed by atoms with Gasteiger partial charge in [0.15, 0.2) is 0 Å². The quantitative estimate of drug-likeness (QED) is 0.788. The summed E-state index contributed by atoms with van der Waals surface area (Å²) in [5, 5.41) is 0.596. The SMILES string of the molecule is O=C(CC12CC(C1)C2)ON1C(=O)c2ccccc2C1=O. The molecule has 0 atom stereocenters. The summed E-state index contributed by atoms with van der Waals surface area (Å²) in [6.45, 7) is 0. The van der Waals surface area contributed by atoms with Crippen LogP contribution in [0, 0.1) is 11.3 Å². The molecule has 1 heterocycles. The monoisotopic (exact) mass is 271 g/mol. The predicted octanol–water partition coefficient (Wildman–Crippen LogP) is 1.93. The molecule has 3 fully saturated rings. The molecular formula is C15H13NO4. The summed E-state index contributed by atoms with van der Waals surface area (Å²) in [6.07, 6.45) is 3.52. The summed E-state index contributed by atoms with van der Waals surface area (Å²) in [4.78, 5) is 41.0. The molecule has 1 aromatic carbocycles. The molecule has 5 rings (SSSR count). The fourth-order valence-electron chi connectivity index (χ4n) is 3.56. The lowest BCUT2D eigenvalue weighted by atomic mass is 9.43. The van der Waals surface area contributed by atoms with Crippen molar-refractivity contribution in [1.82, 2.24) is 5.06 Å². The second-order valence-electron chi connectivity index (χ2n) is 6.07. The highest BCUT2D eigenvalue weighted by Gasteiger charge is 2.57. The molecule has 3 aliphatic carbocycles. The van der Waals surface area contributed by atoms with Crippen LogP contribution in [0.1, 0.15) is 46.4 Å². The van der Waals surface area contributed by atoms with Gasteiger partial charge >= 0.3 is 5.97 Å². The average Bonchev–Trinajstić information content (AvgIpc) is 2.59. The van der Waals surface area contributed by atoms with Crippen LogP contribution in [0.4, 0.5) is 0 Å². The molecule has 1 aliphatic heterocycles. The molecule has 0 aromatic heterocycles. The Hall–Kier alpha value is -2.17. The molecule has 20 heavy (non-hydrogen) atoms. The summed E-state index contributed by atoms with van der Waals surface area (Å²) in [6, 6.07) is 6.48. The normalized spacial score (nSPS) is 29.6. The summed E-state index contributed by atoms with van der Waals surface area (Å²) >= 11 is 0. The summed E-state index contributed by atoms with van der Waals surface area (Å²) < 4.78 is 0. The van der Waals surface area contributed by atoms with E-state index in [-0.39, 0.29) is 16.5 Å². The van der Waals surface area contributed by atoms with Crippen LogP contribution in [0.25, 0.3) is 0 Å². The van der Waals surface area contributed by atoms with Crippen LogP contribution >= 0.6 is 0 Å². The fourth-order valence-corrected chi connectivity index (χ4v) is 3.56. The van der Waals surface area contributed by atoms with Gasteiger partial charge in [-0.3, -0.25) is 9.59 Å². The second-order valence-corrected chi connectivity index (χ2v) is 6.07. The van der Waals surface area contributed by atoms with Gasteiger partial charge in [0.25, 0.3) is 11.8 Å². The van der Waals surface area contributed by atoms with E-state index < -0.39 is 17.8 Å². The number of hydrogen-bond acceptors (Lipinski definition) is 4. The van der Waals surface area contributed by atoms with Crippen LogP contribution in [0.15, 0.2) is 24.3 Å². The Balaban J connectivity index is 1.48. The average molecular weight is 271 g/mol. The van der Waals surface area contributed by atoms with E-state index in [0.717, 1.165) is 25.2 Å². The lowest BCUT2D eigenvalue weighted by Gasteiger charge is -2.61. The Morgan fingerprint density at radius 3 is 2.15 bits per heavy atom. The molecule has 1 aromatic rings. The van der Waals surface area contributed by atoms with Crippen molar-refractivity contribution in [3.63, 3.8) is 0 Å². The predicted molar refractivity (Wildman–Crippen MR) is 67.4 cm³/mol. The van der Waals surface area contributed by atoms with Gasteiger partial charge in [0.05, 0.1) is 17.5 Å². The maximum Gasteiger partial charge on any atom is 0.333 e. The zero-order valence-electron chi connectivity index (χ0n) is 10.8. The van der Waals surface area contributed by atoms with Gasteiger partial charge in [-0.15, -0.1) is 0 Å². The van der Waals surface area contributed by atoms with E-state index in [9.17, 15) is 14.4 Å². The van der Waals surface area contributed by atoms with Gasteiger partial charge in [-0.1, -0.05) is 17.2 Å². The fraction of sp³-hybridized carbons (Fsp3) is 0.400. The summed E-state index contributed by atoms with van der Waals surface area (Å²) in [7, 11) is 0. The second kappa shape index (κ2) is 3.69. The number of amides is 2. The van der Waals surface area contributed by atoms with E-state index in [4.69, 9.17) is 4.84 Å². The number of carbonyl (C=O) groups is 3. The molecule has 0 N–H and O–H groups in total. The third-order valence-corrected chi connectivity index (χ3v) is 4.63. The Morgan fingerprint density at radius 2 is 1.70 bits per heavy atom. The summed E-state index contributed by atoms with van der Waals surface area (Å²) in [5.41, 5.74) is 0.673. The highest BCUT2D eigenvalue weighted by atomic mass is 16.7. The molecule has 0 spiro atoms. The number of hydrogen-bond donors (Lipinski definition) is 0. The third-order valence-electron chi connectivity index (χ3n) is 4.63. The molecule has 3 saturated carbocycles. The Labute approximate surface area is 115 Å². The minimum Gasteiger partial charge on any atom is -0.330 e. The molecular weight excluding hydrogens is 258 g/mol. The maximum atomic E-state index is 12.0. The van der Waals surface area contributed by atoms with Gasteiger partial charge < -0.3 is 4.84 Å². The van der Waals surface area contributed by atoms with Gasteiger partial charge in [-0.25, -0.2) is 4.79 Å². The van der Waals surface area contributed by atoms with E-state index in [1.165, 1.54) is 0 Å². The molecule has 2 amide bonds. The number of rotatable bonds is 3. The topological polar surface area (TPSA) is 63.7 Å². The van der Waals surface area contributed by atoms with E-state index in [2.05, 4.69) is 0 Å². The van der Waals surface area contributed by atoms with E-state index in [1.807, 2.05) is 0 Å². The van der Waals surface area contributed by atoms with Gasteiger partial charge in [-0.2, -0.15) is 0 Å². The molecule has 5 heteroatoms. The first-order chi connectivity index (χ1) is 9.58. The smallest absolute Gasteiger partial charge is 0.330 e. The minimum absolute atomic E-state index is 0.0976. The molecule has 4 aliphatic rings. The van der Waals surface area contributed by atoms with E-state index >= 15 is 0 Å². The lowest BCUT2D eigenvalue weighted by molar-refractivity contribution is -0.185. The van der Waals surface area contributed by atoms with E-state index in [0.29, 0.717) is 11.5 Å². The molecule has 102 valence electrons. The summed E-state index contributed by atoms with van der Waals surface area (Å²) in [5.74, 6) is -0.826. The van der Waals surface area contributed by atoms with E-state index in [1.54, 1.807) is 24.3 Å². The maximum absolute atomic E-state index is 12.0. The standard InChI is InChI=1S/C15H13NO4/c17-12(8-15-5-9(6-15)7-15)20-16-13(18)10-3-1-2-4-11(10)14(16)19/h1-4,9H,5-8H2. The number of fused-ring (bicyclic) bond motifs is 1. The van der Waals surface area contributed by atoms with Crippen LogP contribution in [-0.2, 0) is 9.63 Å². The van der Waals surface area contributed by atoms with Gasteiger partial charge in [0, 0.05) is 0 Å². The zero-order chi connectivity index (χ0) is 13.9. The number of benzene rings is 1. The zero-order valence-corrected chi connectivity index (χ0v) is 10.8. The van der Waals surface area contributed by atoms with Crippen molar-refractivity contribution < 1.29 is 19.2 Å². The van der Waals surface area contributed by atoms with Crippen LogP contribution < -0.4 is 0 Å². The number of nitrogens with zero attached hydrogens (tertiary/aromatic N) is 1. The van der Waals surface area contributed by atoms with Gasteiger partial charge in [-0.05, 0) is 42.7 Å². The van der Waals surface area contributed by atoms with Crippen molar-refractivity contribution >= 4 is 17.8 Å². The molecule has 0 unspecified atom stereocenters. The third kappa shape index (κ3) is 1.46. The van der Waals surface area contributed by atoms with Gasteiger partial charge in [0.2, 0.25) is 0 Å². The van der Waals surface area contributed by atoms with Crippen LogP contribution in [0.5, 0.6) is 0 Å². The minimum atomic E-state index is -0.559. The molecule has 0 radical (unpaired) electrons. The Morgan fingerprint density at radius 1 is 1.15 bits per heavy atom. The molecule has 0 saturated heterocycles. The first-order valence-electron chi connectivity index (χ1n) is 6.77. The van der Waals surface area contributed by atoms with Crippen LogP contribution in [0.3, 0.4) is 0 Å². The Bertz CT molecular complexity index is 599. The van der Waals surface area contributed by atoms with Gasteiger partial charge in [0.1, 0.15) is 0 Å². The molecule has 2 bridgehead atoms. The highest BCUT2D eigenvalue weighted by Crippen LogP contribution is 2.66. The number of hydroxylamine groups is 2.